The molecule has 2 aliphatic carbocycles. The lowest BCUT2D eigenvalue weighted by Gasteiger charge is -2.18. The van der Waals surface area contributed by atoms with Crippen LogP contribution in [0.1, 0.15) is 37.7 Å². The van der Waals surface area contributed by atoms with Gasteiger partial charge in [-0.15, -0.1) is 0 Å². The fourth-order valence-electron chi connectivity index (χ4n) is 4.64. The lowest BCUT2D eigenvalue weighted by molar-refractivity contribution is -0.139. The molecule has 1 heterocycles. The number of aromatic nitrogens is 1. The molecule has 6 nitrogen and oxygen atoms in total. The number of pyridine rings is 1. The first-order valence-corrected chi connectivity index (χ1v) is 12.5. The van der Waals surface area contributed by atoms with Gasteiger partial charge in [-0.05, 0) is 49.9 Å². The molecular formula is C24H22F4N2O4S. The Hall–Kier alpha value is -2.84. The van der Waals surface area contributed by atoms with Crippen LogP contribution in [-0.2, 0) is 25.5 Å². The number of alkyl halides is 3. The number of benzene rings is 1. The van der Waals surface area contributed by atoms with Gasteiger partial charge in [0, 0.05) is 25.0 Å². The average Bonchev–Trinajstić information content (AvgIpc) is 3.44. The van der Waals surface area contributed by atoms with Crippen molar-refractivity contribution in [2.75, 3.05) is 7.11 Å². The summed E-state index contributed by atoms with van der Waals surface area (Å²) in [6, 6.07) is 7.11. The first kappa shape index (κ1) is 25.3. The van der Waals surface area contributed by atoms with E-state index in [0.717, 1.165) is 18.3 Å². The summed E-state index contributed by atoms with van der Waals surface area (Å²) < 4.78 is 87.1. The Balaban J connectivity index is 1.66. The summed E-state index contributed by atoms with van der Waals surface area (Å²) in [6.07, 6.45) is -4.06. The standard InChI is InChI=1S/C24H22F4N2O4S/c1-34-21-10-16(9-17(21)20(31)11-23(13-29)6-7-23)35(32,33)22-5-2-14(8-18(22)24(26,27)28)19-4-3-15(25)12-30-19/h2-5,8,12,16-17,21H,6-7,9-11H2,1H3/t16-,17+,21-/m0/s1. The van der Waals surface area contributed by atoms with Crippen molar-refractivity contribution in [2.24, 2.45) is 11.3 Å². The monoisotopic (exact) mass is 510 g/mol. The maximum atomic E-state index is 14.0. The van der Waals surface area contributed by atoms with E-state index in [-0.39, 0.29) is 36.3 Å². The van der Waals surface area contributed by atoms with Crippen LogP contribution in [0.25, 0.3) is 11.3 Å². The largest absolute Gasteiger partial charge is 0.417 e. The number of carbonyl (C=O) groups excluding carboxylic acids is 1. The van der Waals surface area contributed by atoms with Crippen molar-refractivity contribution in [3.63, 3.8) is 0 Å². The first-order chi connectivity index (χ1) is 16.4. The number of halogens is 4. The summed E-state index contributed by atoms with van der Waals surface area (Å²) in [5, 5.41) is 8.01. The molecule has 0 saturated heterocycles. The lowest BCUT2D eigenvalue weighted by atomic mass is 9.91. The number of methoxy groups -OCH3 is 1. The van der Waals surface area contributed by atoms with Gasteiger partial charge >= 0.3 is 6.18 Å². The van der Waals surface area contributed by atoms with E-state index in [4.69, 9.17) is 4.74 Å². The highest BCUT2D eigenvalue weighted by molar-refractivity contribution is 7.92. The highest BCUT2D eigenvalue weighted by Gasteiger charge is 2.51. The van der Waals surface area contributed by atoms with E-state index in [9.17, 15) is 36.0 Å². The van der Waals surface area contributed by atoms with Crippen LogP contribution in [0.5, 0.6) is 0 Å². The fraction of sp³-hybridized carbons (Fsp3) is 0.458. The van der Waals surface area contributed by atoms with Gasteiger partial charge in [0.15, 0.2) is 9.84 Å². The Labute approximate surface area is 199 Å². The molecule has 0 amide bonds. The molecule has 0 N–H and O–H groups in total. The minimum atomic E-state index is -4.99. The van der Waals surface area contributed by atoms with E-state index in [0.29, 0.717) is 18.9 Å². The zero-order chi connectivity index (χ0) is 25.6. The second-order valence-electron chi connectivity index (χ2n) is 9.12. The topological polar surface area (TPSA) is 97.1 Å². The summed E-state index contributed by atoms with van der Waals surface area (Å²) in [5.41, 5.74) is -2.04. The zero-order valence-corrected chi connectivity index (χ0v) is 19.5. The normalized spacial score (nSPS) is 23.6. The van der Waals surface area contributed by atoms with Crippen LogP contribution in [0.3, 0.4) is 0 Å². The van der Waals surface area contributed by atoms with Crippen molar-refractivity contribution in [3.05, 3.63) is 47.9 Å². The number of rotatable bonds is 7. The van der Waals surface area contributed by atoms with Gasteiger partial charge in [-0.25, -0.2) is 12.8 Å². The van der Waals surface area contributed by atoms with Gasteiger partial charge in [0.1, 0.15) is 11.6 Å². The van der Waals surface area contributed by atoms with E-state index in [2.05, 4.69) is 11.1 Å². The maximum absolute atomic E-state index is 14.0. The highest BCUT2D eigenvalue weighted by Crippen LogP contribution is 2.50. The van der Waals surface area contributed by atoms with E-state index in [1.165, 1.54) is 19.2 Å². The molecule has 0 aliphatic heterocycles. The van der Waals surface area contributed by atoms with E-state index >= 15 is 0 Å². The number of nitriles is 1. The van der Waals surface area contributed by atoms with Crippen LogP contribution in [0, 0.1) is 28.5 Å². The molecule has 0 bridgehead atoms. The number of carbonyl (C=O) groups is 1. The highest BCUT2D eigenvalue weighted by atomic mass is 32.2. The first-order valence-electron chi connectivity index (χ1n) is 10.9. The number of nitrogens with zero attached hydrogens (tertiary/aromatic N) is 2. The summed E-state index contributed by atoms with van der Waals surface area (Å²) >= 11 is 0. The number of ether oxygens (including phenoxy) is 1. The van der Waals surface area contributed by atoms with Gasteiger partial charge < -0.3 is 4.74 Å². The number of Topliss-reactive ketones (excluding diaryl/α,β-unsaturated/α-hetero) is 1. The van der Waals surface area contributed by atoms with Crippen LogP contribution in [0.15, 0.2) is 41.4 Å². The third-order valence-electron chi connectivity index (χ3n) is 6.83. The van der Waals surface area contributed by atoms with Crippen LogP contribution in [-0.4, -0.2) is 37.6 Å². The second-order valence-corrected chi connectivity index (χ2v) is 11.3. The predicted molar refractivity (Wildman–Crippen MR) is 116 cm³/mol. The molecular weight excluding hydrogens is 488 g/mol. The van der Waals surface area contributed by atoms with Crippen molar-refractivity contribution in [2.45, 2.75) is 54.5 Å². The molecule has 3 atom stereocenters. The molecule has 2 saturated carbocycles. The maximum Gasteiger partial charge on any atom is 0.417 e. The smallest absolute Gasteiger partial charge is 0.381 e. The van der Waals surface area contributed by atoms with E-state index in [1.54, 1.807) is 0 Å². The number of sulfone groups is 1. The van der Waals surface area contributed by atoms with Crippen LogP contribution in [0.2, 0.25) is 0 Å². The van der Waals surface area contributed by atoms with Crippen LogP contribution in [0.4, 0.5) is 17.6 Å². The molecule has 2 aliphatic rings. The Morgan fingerprint density at radius 1 is 1.23 bits per heavy atom. The quantitative estimate of drug-likeness (QED) is 0.500. The molecule has 0 unspecified atom stereocenters. The SMILES string of the molecule is CO[C@H]1C[C@@H](S(=O)(=O)c2ccc(-c3ccc(F)cn3)cc2C(F)(F)F)C[C@@H]1C(=O)CC1(C#N)CC1. The Morgan fingerprint density at radius 3 is 2.49 bits per heavy atom. The molecule has 1 aromatic heterocycles. The molecule has 186 valence electrons. The van der Waals surface area contributed by atoms with E-state index < -0.39 is 55.0 Å². The van der Waals surface area contributed by atoms with Crippen LogP contribution < -0.4 is 0 Å². The Kier molecular flexibility index (Phi) is 6.49. The number of hydrogen-bond acceptors (Lipinski definition) is 6. The molecule has 35 heavy (non-hydrogen) atoms. The average molecular weight is 511 g/mol. The van der Waals surface area contributed by atoms with Gasteiger partial charge in [-0.1, -0.05) is 6.07 Å². The fourth-order valence-corrected chi connectivity index (χ4v) is 6.64. The minimum Gasteiger partial charge on any atom is -0.381 e. The molecule has 2 fully saturated rings. The molecule has 1 aromatic carbocycles. The Morgan fingerprint density at radius 2 is 1.94 bits per heavy atom. The second kappa shape index (κ2) is 8.99. The summed E-state index contributed by atoms with van der Waals surface area (Å²) in [7, 11) is -3.18. The number of ketones is 1. The molecule has 11 heteroatoms. The zero-order valence-electron chi connectivity index (χ0n) is 18.7. The van der Waals surface area contributed by atoms with Crippen LogP contribution >= 0.6 is 0 Å². The summed E-state index contributed by atoms with van der Waals surface area (Å²) in [6.45, 7) is 0. The number of hydrogen-bond donors (Lipinski definition) is 0. The van der Waals surface area contributed by atoms with Crippen molar-refractivity contribution in [1.82, 2.24) is 4.98 Å². The summed E-state index contributed by atoms with van der Waals surface area (Å²) in [5.74, 6) is -1.78. The van der Waals surface area contributed by atoms with Gasteiger partial charge in [-0.3, -0.25) is 9.78 Å². The molecule has 0 spiro atoms. The van der Waals surface area contributed by atoms with Gasteiger partial charge in [0.2, 0.25) is 0 Å². The van der Waals surface area contributed by atoms with Gasteiger partial charge in [0.25, 0.3) is 0 Å². The van der Waals surface area contributed by atoms with E-state index in [1.807, 2.05) is 0 Å². The molecule has 2 aromatic rings. The predicted octanol–water partition coefficient (Wildman–Crippen LogP) is 4.74. The van der Waals surface area contributed by atoms with Gasteiger partial charge in [-0.2, -0.15) is 18.4 Å². The summed E-state index contributed by atoms with van der Waals surface area (Å²) in [4.78, 5) is 15.7. The van der Waals surface area contributed by atoms with Gasteiger partial charge in [0.05, 0.1) is 45.2 Å². The molecule has 0 radical (unpaired) electrons. The third kappa shape index (κ3) is 4.95. The lowest BCUT2D eigenvalue weighted by Crippen LogP contribution is -2.26. The van der Waals surface area contributed by atoms with Crippen molar-refractivity contribution in [1.29, 1.82) is 5.26 Å². The van der Waals surface area contributed by atoms with Crippen molar-refractivity contribution >= 4 is 15.6 Å². The van der Waals surface area contributed by atoms with Crippen molar-refractivity contribution in [3.8, 4) is 17.3 Å². The third-order valence-corrected chi connectivity index (χ3v) is 9.07. The molecule has 4 rings (SSSR count). The minimum absolute atomic E-state index is 0.0169. The van der Waals surface area contributed by atoms with Crippen molar-refractivity contribution < 1.29 is 35.5 Å². The Bertz CT molecular complexity index is 1280.